The van der Waals surface area contributed by atoms with E-state index in [1.165, 1.54) is 13.0 Å². The van der Waals surface area contributed by atoms with E-state index in [4.69, 9.17) is 22.1 Å². The molecule has 0 bridgehead atoms. The SMILES string of the molecule is CC(C)[C@H](NC(=O)c1cc(Cl)ccc1OC[C@@H](N)Cc1ccccc1)C(=O)N[C@H](C(=O)O)[C@@H](C)O. The van der Waals surface area contributed by atoms with Crippen LogP contribution in [0.4, 0.5) is 0 Å². The molecule has 0 aromatic heterocycles. The largest absolute Gasteiger partial charge is 0.491 e. The number of ether oxygens (including phenoxy) is 1. The fourth-order valence-corrected chi connectivity index (χ4v) is 3.54. The molecular formula is C25H32ClN3O6. The second-order valence-corrected chi connectivity index (χ2v) is 9.10. The molecule has 10 heteroatoms. The predicted molar refractivity (Wildman–Crippen MR) is 132 cm³/mol. The summed E-state index contributed by atoms with van der Waals surface area (Å²) in [6.45, 7) is 4.78. The molecule has 0 heterocycles. The summed E-state index contributed by atoms with van der Waals surface area (Å²) in [5.74, 6) is -2.90. The van der Waals surface area contributed by atoms with Crippen molar-refractivity contribution in [2.24, 2.45) is 11.7 Å². The zero-order valence-electron chi connectivity index (χ0n) is 19.9. The van der Waals surface area contributed by atoms with Crippen LogP contribution in [0.5, 0.6) is 5.75 Å². The second kappa shape index (κ2) is 13.1. The van der Waals surface area contributed by atoms with Crippen molar-refractivity contribution < 1.29 is 29.3 Å². The molecule has 190 valence electrons. The highest BCUT2D eigenvalue weighted by Gasteiger charge is 2.31. The maximum absolute atomic E-state index is 13.1. The minimum Gasteiger partial charge on any atom is -0.491 e. The number of aliphatic carboxylic acids is 1. The fourth-order valence-electron chi connectivity index (χ4n) is 3.36. The van der Waals surface area contributed by atoms with Crippen LogP contribution in [0.15, 0.2) is 48.5 Å². The summed E-state index contributed by atoms with van der Waals surface area (Å²) >= 11 is 6.10. The van der Waals surface area contributed by atoms with Crippen molar-refractivity contribution in [2.75, 3.05) is 6.61 Å². The van der Waals surface area contributed by atoms with Gasteiger partial charge in [0, 0.05) is 11.1 Å². The molecule has 0 aliphatic heterocycles. The molecule has 0 aliphatic carbocycles. The Kier molecular flexibility index (Phi) is 10.5. The molecule has 0 fully saturated rings. The van der Waals surface area contributed by atoms with Gasteiger partial charge >= 0.3 is 5.97 Å². The van der Waals surface area contributed by atoms with Gasteiger partial charge < -0.3 is 31.3 Å². The molecule has 4 atom stereocenters. The second-order valence-electron chi connectivity index (χ2n) is 8.66. The first-order valence-electron chi connectivity index (χ1n) is 11.2. The summed E-state index contributed by atoms with van der Waals surface area (Å²) < 4.78 is 5.82. The smallest absolute Gasteiger partial charge is 0.328 e. The van der Waals surface area contributed by atoms with Crippen molar-refractivity contribution in [1.82, 2.24) is 10.6 Å². The van der Waals surface area contributed by atoms with Crippen molar-refractivity contribution in [2.45, 2.75) is 51.4 Å². The number of carbonyl (C=O) groups is 3. The van der Waals surface area contributed by atoms with E-state index in [1.54, 1.807) is 26.0 Å². The van der Waals surface area contributed by atoms with Crippen LogP contribution in [0.1, 0.15) is 36.7 Å². The highest BCUT2D eigenvalue weighted by atomic mass is 35.5. The number of rotatable bonds is 12. The molecule has 0 aliphatic rings. The number of nitrogens with one attached hydrogen (secondary N) is 2. The van der Waals surface area contributed by atoms with Crippen molar-refractivity contribution in [3.63, 3.8) is 0 Å². The van der Waals surface area contributed by atoms with Crippen molar-refractivity contribution in [3.8, 4) is 5.75 Å². The third kappa shape index (κ3) is 8.54. The summed E-state index contributed by atoms with van der Waals surface area (Å²) in [6.07, 6.45) is -0.743. The van der Waals surface area contributed by atoms with Crippen LogP contribution in [-0.4, -0.2) is 58.8 Å². The minimum absolute atomic E-state index is 0.105. The topological polar surface area (TPSA) is 151 Å². The number of benzene rings is 2. The number of halogens is 1. The van der Waals surface area contributed by atoms with Gasteiger partial charge in [-0.1, -0.05) is 55.8 Å². The Morgan fingerprint density at radius 1 is 1.03 bits per heavy atom. The third-order valence-corrected chi connectivity index (χ3v) is 5.50. The summed E-state index contributed by atoms with van der Waals surface area (Å²) in [7, 11) is 0. The van der Waals surface area contributed by atoms with Gasteiger partial charge in [0.15, 0.2) is 6.04 Å². The van der Waals surface area contributed by atoms with Gasteiger partial charge in [-0.3, -0.25) is 9.59 Å². The predicted octanol–water partition coefficient (Wildman–Crippen LogP) is 1.99. The van der Waals surface area contributed by atoms with Crippen LogP contribution in [0.2, 0.25) is 5.02 Å². The van der Waals surface area contributed by atoms with E-state index < -0.39 is 36.0 Å². The van der Waals surface area contributed by atoms with E-state index in [-0.39, 0.29) is 29.9 Å². The summed E-state index contributed by atoms with van der Waals surface area (Å²) in [6, 6.07) is 11.3. The number of nitrogens with two attached hydrogens (primary N) is 1. The maximum Gasteiger partial charge on any atom is 0.328 e. The maximum atomic E-state index is 13.1. The van der Waals surface area contributed by atoms with Crippen LogP contribution in [0.3, 0.4) is 0 Å². The molecule has 6 N–H and O–H groups in total. The molecule has 0 radical (unpaired) electrons. The molecule has 0 unspecified atom stereocenters. The Morgan fingerprint density at radius 3 is 2.26 bits per heavy atom. The standard InChI is InChI=1S/C25H32ClN3O6/c1-14(2)21(24(32)29-22(15(3)30)25(33)34)28-23(31)19-12-17(26)9-10-20(19)35-13-18(27)11-16-7-5-4-6-8-16/h4-10,12,14-15,18,21-22,30H,11,13,27H2,1-3H3,(H,28,31)(H,29,32)(H,33,34)/t15-,18+,21+,22+/m1/s1. The number of carbonyl (C=O) groups excluding carboxylic acids is 2. The quantitative estimate of drug-likeness (QED) is 0.296. The summed E-state index contributed by atoms with van der Waals surface area (Å²) in [5, 5.41) is 24.1. The number of carboxylic acids is 1. The molecule has 0 saturated carbocycles. The van der Waals surface area contributed by atoms with E-state index in [0.29, 0.717) is 11.4 Å². The number of carboxylic acid groups (broad SMARTS) is 1. The molecule has 9 nitrogen and oxygen atoms in total. The lowest BCUT2D eigenvalue weighted by atomic mass is 10.0. The number of hydrogen-bond acceptors (Lipinski definition) is 6. The Labute approximate surface area is 209 Å². The number of hydrogen-bond donors (Lipinski definition) is 5. The summed E-state index contributed by atoms with van der Waals surface area (Å²) in [5.41, 5.74) is 7.35. The van der Waals surface area contributed by atoms with E-state index in [2.05, 4.69) is 10.6 Å². The molecule has 35 heavy (non-hydrogen) atoms. The first-order valence-corrected chi connectivity index (χ1v) is 11.6. The molecule has 2 aromatic rings. The van der Waals surface area contributed by atoms with E-state index >= 15 is 0 Å². The van der Waals surface area contributed by atoms with Crippen LogP contribution >= 0.6 is 11.6 Å². The first-order chi connectivity index (χ1) is 16.5. The third-order valence-electron chi connectivity index (χ3n) is 5.26. The normalized spacial score (nSPS) is 14.5. The Morgan fingerprint density at radius 2 is 1.69 bits per heavy atom. The van der Waals surface area contributed by atoms with Crippen molar-refractivity contribution in [1.29, 1.82) is 0 Å². The monoisotopic (exact) mass is 505 g/mol. The van der Waals surface area contributed by atoms with E-state index in [1.807, 2.05) is 30.3 Å². The van der Waals surface area contributed by atoms with E-state index in [0.717, 1.165) is 5.56 Å². The van der Waals surface area contributed by atoms with Gasteiger partial charge in [-0.05, 0) is 43.0 Å². The van der Waals surface area contributed by atoms with Gasteiger partial charge in [0.25, 0.3) is 5.91 Å². The lowest BCUT2D eigenvalue weighted by Gasteiger charge is -2.25. The zero-order valence-corrected chi connectivity index (χ0v) is 20.7. The van der Waals surface area contributed by atoms with Gasteiger partial charge in [0.2, 0.25) is 5.91 Å². The molecular weight excluding hydrogens is 474 g/mol. The number of aliphatic hydroxyl groups excluding tert-OH is 1. The number of aliphatic hydroxyl groups is 1. The van der Waals surface area contributed by atoms with Crippen LogP contribution in [-0.2, 0) is 16.0 Å². The zero-order chi connectivity index (χ0) is 26.1. The highest BCUT2D eigenvalue weighted by molar-refractivity contribution is 6.31. The Bertz CT molecular complexity index is 1020. The van der Waals surface area contributed by atoms with E-state index in [9.17, 15) is 24.6 Å². The average Bonchev–Trinajstić information content (AvgIpc) is 2.79. The first kappa shape index (κ1) is 28.1. The summed E-state index contributed by atoms with van der Waals surface area (Å²) in [4.78, 5) is 37.2. The Hall–Kier alpha value is -3.14. The van der Waals surface area contributed by atoms with Gasteiger partial charge in [-0.25, -0.2) is 4.79 Å². The van der Waals surface area contributed by atoms with Gasteiger partial charge in [0.1, 0.15) is 18.4 Å². The molecule has 2 amide bonds. The average molecular weight is 506 g/mol. The van der Waals surface area contributed by atoms with Crippen LogP contribution in [0.25, 0.3) is 0 Å². The minimum atomic E-state index is -1.52. The molecule has 0 saturated heterocycles. The van der Waals surface area contributed by atoms with Crippen LogP contribution < -0.4 is 21.1 Å². The Balaban J connectivity index is 2.13. The fraction of sp³-hybridized carbons (Fsp3) is 0.400. The lowest BCUT2D eigenvalue weighted by Crippen LogP contribution is -2.56. The molecule has 2 aromatic carbocycles. The van der Waals surface area contributed by atoms with Gasteiger partial charge in [-0.2, -0.15) is 0 Å². The van der Waals surface area contributed by atoms with Gasteiger partial charge in [0.05, 0.1) is 11.7 Å². The molecule has 0 spiro atoms. The van der Waals surface area contributed by atoms with Crippen molar-refractivity contribution in [3.05, 3.63) is 64.7 Å². The van der Waals surface area contributed by atoms with Crippen molar-refractivity contribution >= 4 is 29.4 Å². The molecule has 2 rings (SSSR count). The highest BCUT2D eigenvalue weighted by Crippen LogP contribution is 2.24. The van der Waals surface area contributed by atoms with Crippen LogP contribution in [0, 0.1) is 5.92 Å². The lowest BCUT2D eigenvalue weighted by molar-refractivity contribution is -0.145. The van der Waals surface area contributed by atoms with Gasteiger partial charge in [-0.15, -0.1) is 0 Å². The number of amides is 2.